The molecule has 3 aromatic rings. The molecule has 3 heterocycles. The van der Waals surface area contributed by atoms with Gasteiger partial charge in [-0.05, 0) is 30.7 Å². The Bertz CT molecular complexity index is 1190. The van der Waals surface area contributed by atoms with Crippen molar-refractivity contribution in [1.29, 1.82) is 5.26 Å². The lowest BCUT2D eigenvalue weighted by molar-refractivity contribution is -0.384. The number of non-ortho nitro benzene ring substituents is 1. The Morgan fingerprint density at radius 2 is 2.09 bits per heavy atom. The highest BCUT2D eigenvalue weighted by Crippen LogP contribution is 2.29. The molecule has 0 radical (unpaired) electrons. The minimum Gasteiger partial charge on any atom is -0.459 e. The van der Waals surface area contributed by atoms with Crippen molar-refractivity contribution in [3.05, 3.63) is 58.0 Å². The molecule has 0 saturated carbocycles. The number of aromatic nitrogens is 1. The molecule has 11 nitrogen and oxygen atoms in total. The van der Waals surface area contributed by atoms with E-state index in [1.54, 1.807) is 25.1 Å². The van der Waals surface area contributed by atoms with Gasteiger partial charge in [-0.15, -0.1) is 0 Å². The molecule has 1 aliphatic rings. The molecule has 0 bridgehead atoms. The molecule has 33 heavy (non-hydrogen) atoms. The first-order valence-electron chi connectivity index (χ1n) is 10.4. The van der Waals surface area contributed by atoms with Crippen LogP contribution in [0.2, 0.25) is 0 Å². The number of hydrogen-bond donors (Lipinski definition) is 1. The van der Waals surface area contributed by atoms with Crippen LogP contribution in [0.1, 0.15) is 17.7 Å². The minimum atomic E-state index is -0.464. The summed E-state index contributed by atoms with van der Waals surface area (Å²) >= 11 is 0. The summed E-state index contributed by atoms with van der Waals surface area (Å²) in [5.74, 6) is 1.01. The predicted molar refractivity (Wildman–Crippen MR) is 119 cm³/mol. The van der Waals surface area contributed by atoms with Crippen molar-refractivity contribution in [2.24, 2.45) is 0 Å². The summed E-state index contributed by atoms with van der Waals surface area (Å²) < 4.78 is 11.1. The number of nitrogens with one attached hydrogen (secondary N) is 1. The Morgan fingerprint density at radius 3 is 2.73 bits per heavy atom. The van der Waals surface area contributed by atoms with Gasteiger partial charge in [-0.3, -0.25) is 19.8 Å². The zero-order chi connectivity index (χ0) is 23.4. The second-order valence-electron chi connectivity index (χ2n) is 7.65. The molecule has 1 saturated heterocycles. The molecule has 0 atom stereocenters. The maximum absolute atomic E-state index is 12.4. The molecule has 1 aromatic carbocycles. The topological polar surface area (TPSA) is 142 Å². The Hall–Kier alpha value is -4.17. The summed E-state index contributed by atoms with van der Waals surface area (Å²) in [6.07, 6.45) is 1.81. The van der Waals surface area contributed by atoms with Gasteiger partial charge in [0.2, 0.25) is 17.5 Å². The van der Waals surface area contributed by atoms with Gasteiger partial charge in [0.15, 0.2) is 5.76 Å². The van der Waals surface area contributed by atoms with Crippen LogP contribution in [-0.2, 0) is 4.79 Å². The lowest BCUT2D eigenvalue weighted by Crippen LogP contribution is -2.47. The SMILES string of the molecule is Cc1cc([N+](=O)[O-])ccc1NC(=O)CCN1CCN(c2oc(-c3ccco3)nc2C#N)CC1. The number of rotatable bonds is 7. The largest absolute Gasteiger partial charge is 0.459 e. The van der Waals surface area contributed by atoms with E-state index in [-0.39, 0.29) is 23.2 Å². The zero-order valence-corrected chi connectivity index (χ0v) is 18.0. The number of aryl methyl sites for hydroxylation is 1. The first kappa shape index (κ1) is 22.0. The molecule has 0 unspecified atom stereocenters. The summed E-state index contributed by atoms with van der Waals surface area (Å²) in [6.45, 7) is 4.95. The van der Waals surface area contributed by atoms with Gasteiger partial charge in [0.1, 0.15) is 6.07 Å². The zero-order valence-electron chi connectivity index (χ0n) is 18.0. The van der Waals surface area contributed by atoms with Crippen molar-refractivity contribution in [3.63, 3.8) is 0 Å². The number of benzene rings is 1. The van der Waals surface area contributed by atoms with Crippen LogP contribution >= 0.6 is 0 Å². The fourth-order valence-corrected chi connectivity index (χ4v) is 3.65. The number of anilines is 2. The van der Waals surface area contributed by atoms with E-state index in [0.29, 0.717) is 62.0 Å². The molecule has 1 N–H and O–H groups in total. The molecule has 1 amide bonds. The monoisotopic (exact) mass is 450 g/mol. The highest BCUT2D eigenvalue weighted by molar-refractivity contribution is 5.91. The van der Waals surface area contributed by atoms with Gasteiger partial charge in [-0.2, -0.15) is 10.2 Å². The first-order valence-corrected chi connectivity index (χ1v) is 10.4. The van der Waals surface area contributed by atoms with Gasteiger partial charge in [0, 0.05) is 57.0 Å². The number of nitrogens with zero attached hydrogens (tertiary/aromatic N) is 5. The van der Waals surface area contributed by atoms with Gasteiger partial charge in [0.05, 0.1) is 11.2 Å². The maximum atomic E-state index is 12.4. The lowest BCUT2D eigenvalue weighted by Gasteiger charge is -2.34. The number of nitriles is 1. The summed E-state index contributed by atoms with van der Waals surface area (Å²) in [4.78, 5) is 31.1. The molecule has 0 aliphatic carbocycles. The molecule has 4 rings (SSSR count). The van der Waals surface area contributed by atoms with Gasteiger partial charge in [0.25, 0.3) is 11.6 Å². The molecule has 2 aromatic heterocycles. The standard InChI is InChI=1S/C22H22N6O5/c1-15-13-16(28(30)31)4-5-17(15)24-20(29)6-7-26-8-10-27(11-9-26)22-18(14-23)25-21(33-22)19-3-2-12-32-19/h2-5,12-13H,6-11H2,1H3,(H,24,29). The van der Waals surface area contributed by atoms with Crippen molar-refractivity contribution in [1.82, 2.24) is 9.88 Å². The molecule has 1 fully saturated rings. The molecular formula is C22H22N6O5. The highest BCUT2D eigenvalue weighted by Gasteiger charge is 2.25. The van der Waals surface area contributed by atoms with E-state index < -0.39 is 4.92 Å². The number of oxazole rings is 1. The number of amides is 1. The van der Waals surface area contributed by atoms with E-state index in [9.17, 15) is 20.2 Å². The number of nitro benzene ring substituents is 1. The second-order valence-corrected chi connectivity index (χ2v) is 7.65. The van der Waals surface area contributed by atoms with E-state index in [2.05, 4.69) is 21.3 Å². The van der Waals surface area contributed by atoms with E-state index in [1.807, 2.05) is 4.90 Å². The summed E-state index contributed by atoms with van der Waals surface area (Å²) in [6, 6.07) is 9.87. The van der Waals surface area contributed by atoms with Crippen molar-refractivity contribution in [2.45, 2.75) is 13.3 Å². The fraction of sp³-hybridized carbons (Fsp3) is 0.318. The third kappa shape index (κ3) is 5.02. The Balaban J connectivity index is 1.28. The summed E-state index contributed by atoms with van der Waals surface area (Å²) in [5.41, 5.74) is 1.41. The minimum absolute atomic E-state index is 0.00837. The van der Waals surface area contributed by atoms with Gasteiger partial charge < -0.3 is 19.1 Å². The number of carbonyl (C=O) groups excluding carboxylic acids is 1. The second kappa shape index (κ2) is 9.54. The average molecular weight is 450 g/mol. The van der Waals surface area contributed by atoms with Gasteiger partial charge in [-0.1, -0.05) is 0 Å². The molecule has 170 valence electrons. The maximum Gasteiger partial charge on any atom is 0.269 e. The molecule has 0 spiro atoms. The van der Waals surface area contributed by atoms with Crippen molar-refractivity contribution in [3.8, 4) is 17.7 Å². The van der Waals surface area contributed by atoms with Crippen molar-refractivity contribution in [2.75, 3.05) is 42.9 Å². The van der Waals surface area contributed by atoms with E-state index in [0.717, 1.165) is 0 Å². The predicted octanol–water partition coefficient (Wildman–Crippen LogP) is 3.17. The van der Waals surface area contributed by atoms with Crippen LogP contribution in [0, 0.1) is 28.4 Å². The summed E-state index contributed by atoms with van der Waals surface area (Å²) in [7, 11) is 0. The normalized spacial score (nSPS) is 14.1. The van der Waals surface area contributed by atoms with Gasteiger partial charge >= 0.3 is 0 Å². The number of hydrogen-bond acceptors (Lipinski definition) is 9. The lowest BCUT2D eigenvalue weighted by atomic mass is 10.1. The van der Waals surface area contributed by atoms with Gasteiger partial charge in [-0.25, -0.2) is 0 Å². The smallest absolute Gasteiger partial charge is 0.269 e. The molecular weight excluding hydrogens is 428 g/mol. The number of furan rings is 1. The highest BCUT2D eigenvalue weighted by atomic mass is 16.6. The fourth-order valence-electron chi connectivity index (χ4n) is 3.65. The van der Waals surface area contributed by atoms with E-state index in [4.69, 9.17) is 8.83 Å². The van der Waals surface area contributed by atoms with Crippen LogP contribution in [0.4, 0.5) is 17.3 Å². The third-order valence-electron chi connectivity index (χ3n) is 5.46. The first-order chi connectivity index (χ1) is 15.9. The molecule has 11 heteroatoms. The van der Waals surface area contributed by atoms with E-state index >= 15 is 0 Å². The van der Waals surface area contributed by atoms with Crippen LogP contribution in [0.15, 0.2) is 45.4 Å². The third-order valence-corrected chi connectivity index (χ3v) is 5.46. The van der Waals surface area contributed by atoms with E-state index in [1.165, 1.54) is 18.4 Å². The summed E-state index contributed by atoms with van der Waals surface area (Å²) in [5, 5.41) is 23.1. The van der Waals surface area contributed by atoms with Crippen LogP contribution < -0.4 is 10.2 Å². The van der Waals surface area contributed by atoms with Crippen LogP contribution in [0.25, 0.3) is 11.7 Å². The van der Waals surface area contributed by atoms with Crippen molar-refractivity contribution >= 4 is 23.2 Å². The van der Waals surface area contributed by atoms with Crippen LogP contribution in [0.3, 0.4) is 0 Å². The van der Waals surface area contributed by atoms with Crippen molar-refractivity contribution < 1.29 is 18.6 Å². The Labute approximate surface area is 189 Å². The average Bonchev–Trinajstić information content (AvgIpc) is 3.49. The quantitative estimate of drug-likeness (QED) is 0.424. The Kier molecular flexibility index (Phi) is 6.37. The number of nitro groups is 1. The van der Waals surface area contributed by atoms with Crippen LogP contribution in [-0.4, -0.2) is 53.4 Å². The van der Waals surface area contributed by atoms with Crippen LogP contribution in [0.5, 0.6) is 0 Å². The Morgan fingerprint density at radius 1 is 1.30 bits per heavy atom. The molecule has 1 aliphatic heterocycles. The number of piperazine rings is 1. The number of carbonyl (C=O) groups is 1.